The number of likely N-dealkylation sites (N-methyl/N-ethyl adjacent to an activating group) is 2. The van der Waals surface area contributed by atoms with Gasteiger partial charge in [0.05, 0.1) is 23.9 Å². The summed E-state index contributed by atoms with van der Waals surface area (Å²) in [6.07, 6.45) is 0. The van der Waals surface area contributed by atoms with Crippen molar-refractivity contribution in [2.24, 2.45) is 0 Å². The van der Waals surface area contributed by atoms with Gasteiger partial charge in [-0.25, -0.2) is 9.18 Å². The minimum absolute atomic E-state index is 0.103. The van der Waals surface area contributed by atoms with Gasteiger partial charge in [-0.15, -0.1) is 0 Å². The first kappa shape index (κ1) is 13.6. The third-order valence-corrected chi connectivity index (χ3v) is 4.00. The highest BCUT2D eigenvalue weighted by Gasteiger charge is 2.42. The maximum absolute atomic E-state index is 13.4. The maximum atomic E-state index is 13.4. The van der Waals surface area contributed by atoms with Crippen LogP contribution in [0, 0.1) is 5.82 Å². The fraction of sp³-hybridized carbons (Fsp3) is 0.333. The van der Waals surface area contributed by atoms with E-state index in [2.05, 4.69) is 5.32 Å². The molecule has 0 saturated carbocycles. The summed E-state index contributed by atoms with van der Waals surface area (Å²) in [6, 6.07) is 5.10. The minimum Gasteiger partial charge on any atom is -0.333 e. The second kappa shape index (κ2) is 4.87. The molecule has 0 spiro atoms. The number of halogens is 1. The van der Waals surface area contributed by atoms with Gasteiger partial charge in [0, 0.05) is 13.6 Å². The van der Waals surface area contributed by atoms with Gasteiger partial charge in [-0.2, -0.15) is 0 Å². The fourth-order valence-corrected chi connectivity index (χ4v) is 2.81. The Balaban J connectivity index is 2.08. The molecule has 6 heteroatoms. The molecule has 0 bridgehead atoms. The monoisotopic (exact) mass is 289 g/mol. The molecular formula is C15H16FN3O2. The molecule has 2 aliphatic heterocycles. The van der Waals surface area contributed by atoms with Crippen LogP contribution in [0.2, 0.25) is 0 Å². The molecule has 0 aromatic heterocycles. The molecule has 2 aliphatic rings. The average Bonchev–Trinajstić information content (AvgIpc) is 2.80. The normalized spacial score (nSPS) is 21.8. The molecule has 110 valence electrons. The quantitative estimate of drug-likeness (QED) is 0.900. The zero-order valence-electron chi connectivity index (χ0n) is 11.9. The largest absolute Gasteiger partial charge is 0.333 e. The molecule has 1 aromatic rings. The predicted octanol–water partition coefficient (Wildman–Crippen LogP) is 1.64. The van der Waals surface area contributed by atoms with Gasteiger partial charge in [0.2, 0.25) is 0 Å². The molecule has 1 atom stereocenters. The molecule has 3 rings (SSSR count). The van der Waals surface area contributed by atoms with Crippen molar-refractivity contribution in [2.75, 3.05) is 20.1 Å². The molecule has 5 nitrogen and oxygen atoms in total. The number of benzene rings is 1. The molecule has 0 unspecified atom stereocenters. The molecule has 3 amide bonds. The van der Waals surface area contributed by atoms with Crippen LogP contribution >= 0.6 is 0 Å². The minimum atomic E-state index is -0.594. The summed E-state index contributed by atoms with van der Waals surface area (Å²) >= 11 is 0. The van der Waals surface area contributed by atoms with Crippen molar-refractivity contribution < 1.29 is 14.0 Å². The Bertz CT molecular complexity index is 656. The van der Waals surface area contributed by atoms with Gasteiger partial charge in [0.25, 0.3) is 5.91 Å². The van der Waals surface area contributed by atoms with Gasteiger partial charge >= 0.3 is 6.03 Å². The third kappa shape index (κ3) is 2.07. The fourth-order valence-electron chi connectivity index (χ4n) is 2.81. The lowest BCUT2D eigenvalue weighted by Crippen LogP contribution is -2.45. The molecular weight excluding hydrogens is 273 g/mol. The highest BCUT2D eigenvalue weighted by Crippen LogP contribution is 2.35. The van der Waals surface area contributed by atoms with Crippen LogP contribution in [0.25, 0.3) is 0 Å². The van der Waals surface area contributed by atoms with Gasteiger partial charge < -0.3 is 10.2 Å². The number of rotatable bonds is 2. The standard InChI is InChI=1S/C15H16FN3O2/c1-3-19-8-11-12(14(19)20)13(17-15(21)18(11)2)9-5-4-6-10(16)7-9/h4-7,13H,3,8H2,1-2H3,(H,17,21)/t13-/m1/s1. The summed E-state index contributed by atoms with van der Waals surface area (Å²) in [6.45, 7) is 2.88. The molecule has 1 N–H and O–H groups in total. The van der Waals surface area contributed by atoms with Gasteiger partial charge in [-0.1, -0.05) is 12.1 Å². The van der Waals surface area contributed by atoms with Crippen molar-refractivity contribution in [3.63, 3.8) is 0 Å². The SMILES string of the molecule is CCN1CC2=C(C1=O)[C@@H](c1cccc(F)c1)NC(=O)N2C. The first-order valence-electron chi connectivity index (χ1n) is 6.85. The van der Waals surface area contributed by atoms with Crippen LogP contribution in [0.5, 0.6) is 0 Å². The first-order chi connectivity index (χ1) is 10.0. The topological polar surface area (TPSA) is 52.7 Å². The Labute approximate surface area is 122 Å². The van der Waals surface area contributed by atoms with Crippen LogP contribution in [0.15, 0.2) is 35.5 Å². The molecule has 1 aromatic carbocycles. The second-order valence-corrected chi connectivity index (χ2v) is 5.18. The van der Waals surface area contributed by atoms with E-state index >= 15 is 0 Å². The molecule has 21 heavy (non-hydrogen) atoms. The van der Waals surface area contributed by atoms with Crippen LogP contribution in [-0.4, -0.2) is 41.9 Å². The smallest absolute Gasteiger partial charge is 0.322 e. The van der Waals surface area contributed by atoms with E-state index in [1.165, 1.54) is 17.0 Å². The number of hydrogen-bond acceptors (Lipinski definition) is 2. The lowest BCUT2D eigenvalue weighted by atomic mass is 9.96. The van der Waals surface area contributed by atoms with Crippen molar-refractivity contribution in [2.45, 2.75) is 13.0 Å². The van der Waals surface area contributed by atoms with Crippen LogP contribution in [0.4, 0.5) is 9.18 Å². The van der Waals surface area contributed by atoms with Crippen molar-refractivity contribution in [1.29, 1.82) is 0 Å². The second-order valence-electron chi connectivity index (χ2n) is 5.18. The van der Waals surface area contributed by atoms with Crippen LogP contribution < -0.4 is 5.32 Å². The van der Waals surface area contributed by atoms with E-state index in [1.807, 2.05) is 6.92 Å². The lowest BCUT2D eigenvalue weighted by molar-refractivity contribution is -0.125. The van der Waals surface area contributed by atoms with Gasteiger partial charge in [0.1, 0.15) is 5.82 Å². The first-order valence-corrected chi connectivity index (χ1v) is 6.85. The summed E-state index contributed by atoms with van der Waals surface area (Å²) in [5.41, 5.74) is 1.81. The van der Waals surface area contributed by atoms with Crippen LogP contribution in [-0.2, 0) is 4.79 Å². The zero-order chi connectivity index (χ0) is 15.1. The van der Waals surface area contributed by atoms with Crippen LogP contribution in [0.3, 0.4) is 0 Å². The average molecular weight is 289 g/mol. The summed E-state index contributed by atoms with van der Waals surface area (Å²) in [7, 11) is 1.64. The third-order valence-electron chi connectivity index (χ3n) is 4.00. The van der Waals surface area contributed by atoms with E-state index in [-0.39, 0.29) is 17.8 Å². The molecule has 0 fully saturated rings. The Hall–Kier alpha value is -2.37. The number of amides is 3. The van der Waals surface area contributed by atoms with Gasteiger partial charge in [0.15, 0.2) is 0 Å². The Kier molecular flexibility index (Phi) is 3.16. The number of carbonyl (C=O) groups is 2. The van der Waals surface area contributed by atoms with Crippen molar-refractivity contribution in [3.05, 3.63) is 46.9 Å². The summed E-state index contributed by atoms with van der Waals surface area (Å²) in [4.78, 5) is 27.7. The summed E-state index contributed by atoms with van der Waals surface area (Å²) < 4.78 is 13.4. The molecule has 0 aliphatic carbocycles. The highest BCUT2D eigenvalue weighted by atomic mass is 19.1. The summed E-state index contributed by atoms with van der Waals surface area (Å²) in [5.74, 6) is -0.491. The molecule has 0 saturated heterocycles. The summed E-state index contributed by atoms with van der Waals surface area (Å²) in [5, 5.41) is 2.77. The number of nitrogens with zero attached hydrogens (tertiary/aromatic N) is 2. The zero-order valence-corrected chi connectivity index (χ0v) is 11.9. The highest BCUT2D eigenvalue weighted by molar-refractivity contribution is 6.01. The lowest BCUT2D eigenvalue weighted by Gasteiger charge is -2.31. The maximum Gasteiger partial charge on any atom is 0.322 e. The number of carbonyl (C=O) groups excluding carboxylic acids is 2. The number of nitrogens with one attached hydrogen (secondary N) is 1. The number of hydrogen-bond donors (Lipinski definition) is 1. The van der Waals surface area contributed by atoms with Crippen molar-refractivity contribution >= 4 is 11.9 Å². The van der Waals surface area contributed by atoms with E-state index in [1.54, 1.807) is 24.1 Å². The van der Waals surface area contributed by atoms with Crippen molar-refractivity contribution in [1.82, 2.24) is 15.1 Å². The predicted molar refractivity (Wildman–Crippen MR) is 74.7 cm³/mol. The van der Waals surface area contributed by atoms with Crippen LogP contribution in [0.1, 0.15) is 18.5 Å². The number of urea groups is 1. The Morgan fingerprint density at radius 1 is 1.38 bits per heavy atom. The van der Waals surface area contributed by atoms with Crippen molar-refractivity contribution in [3.8, 4) is 0 Å². The van der Waals surface area contributed by atoms with Gasteiger partial charge in [-0.3, -0.25) is 9.69 Å². The van der Waals surface area contributed by atoms with E-state index < -0.39 is 6.04 Å². The molecule has 2 heterocycles. The van der Waals surface area contributed by atoms with E-state index in [0.717, 1.165) is 0 Å². The Morgan fingerprint density at radius 2 is 2.14 bits per heavy atom. The van der Waals surface area contributed by atoms with E-state index in [4.69, 9.17) is 0 Å². The van der Waals surface area contributed by atoms with E-state index in [9.17, 15) is 14.0 Å². The van der Waals surface area contributed by atoms with E-state index in [0.29, 0.717) is 29.9 Å². The Morgan fingerprint density at radius 3 is 2.81 bits per heavy atom. The molecule has 0 radical (unpaired) electrons. The van der Waals surface area contributed by atoms with Gasteiger partial charge in [-0.05, 0) is 24.6 Å².